The van der Waals surface area contributed by atoms with Gasteiger partial charge in [0.1, 0.15) is 0 Å². The summed E-state index contributed by atoms with van der Waals surface area (Å²) in [6, 6.07) is 10.6. The van der Waals surface area contributed by atoms with Gasteiger partial charge in [0, 0.05) is 12.6 Å². The molecule has 0 aliphatic carbocycles. The minimum atomic E-state index is 0.145. The van der Waals surface area contributed by atoms with Gasteiger partial charge >= 0.3 is 0 Å². The van der Waals surface area contributed by atoms with Gasteiger partial charge in [0.15, 0.2) is 0 Å². The maximum Gasteiger partial charge on any atom is 0.0614 e. The van der Waals surface area contributed by atoms with E-state index in [1.807, 2.05) is 13.0 Å². The van der Waals surface area contributed by atoms with Crippen molar-refractivity contribution in [2.75, 3.05) is 13.2 Å². The number of hydrogen-bond acceptors (Lipinski definition) is 2. The second kappa shape index (κ2) is 6.57. The molecule has 0 fully saturated rings. The van der Waals surface area contributed by atoms with Crippen molar-refractivity contribution in [1.29, 1.82) is 0 Å². The molecule has 2 N–H and O–H groups in total. The van der Waals surface area contributed by atoms with Crippen LogP contribution in [-0.4, -0.2) is 19.3 Å². The van der Waals surface area contributed by atoms with Crippen LogP contribution in [0.25, 0.3) is 0 Å². The first-order valence-electron chi connectivity index (χ1n) is 5.16. The number of aryl methyl sites for hydroxylation is 1. The molecule has 1 unspecified atom stereocenters. The molecule has 0 spiro atoms. The van der Waals surface area contributed by atoms with E-state index in [-0.39, 0.29) is 6.04 Å². The summed E-state index contributed by atoms with van der Waals surface area (Å²) in [4.78, 5) is 0. The summed E-state index contributed by atoms with van der Waals surface area (Å²) in [6.45, 7) is 3.42. The topological polar surface area (TPSA) is 35.2 Å². The molecule has 1 aromatic rings. The molecule has 0 heterocycles. The molecule has 1 atom stereocenters. The van der Waals surface area contributed by atoms with Crippen LogP contribution in [0.5, 0.6) is 0 Å². The fourth-order valence-electron chi connectivity index (χ4n) is 1.29. The molecule has 0 aliphatic rings. The largest absolute Gasteiger partial charge is 0.380 e. The summed E-state index contributed by atoms with van der Waals surface area (Å²) in [5, 5.41) is 0. The van der Waals surface area contributed by atoms with Crippen molar-refractivity contribution >= 4 is 0 Å². The fraction of sp³-hybridized carbons (Fsp3) is 0.500. The molecule has 0 bridgehead atoms. The van der Waals surface area contributed by atoms with Gasteiger partial charge in [-0.2, -0.15) is 0 Å². The number of benzene rings is 1. The minimum absolute atomic E-state index is 0.145. The highest BCUT2D eigenvalue weighted by atomic mass is 16.5. The van der Waals surface area contributed by atoms with Crippen LogP contribution in [0, 0.1) is 0 Å². The molecule has 2 heteroatoms. The van der Waals surface area contributed by atoms with Gasteiger partial charge in [-0.3, -0.25) is 0 Å². The van der Waals surface area contributed by atoms with Gasteiger partial charge in [-0.05, 0) is 25.3 Å². The summed E-state index contributed by atoms with van der Waals surface area (Å²) in [7, 11) is 0. The van der Waals surface area contributed by atoms with E-state index in [1.165, 1.54) is 5.56 Å². The molecular weight excluding hydrogens is 174 g/mol. The number of hydrogen-bond donors (Lipinski definition) is 1. The van der Waals surface area contributed by atoms with Gasteiger partial charge < -0.3 is 10.5 Å². The van der Waals surface area contributed by atoms with Gasteiger partial charge in [0.2, 0.25) is 0 Å². The maximum atomic E-state index is 5.56. The lowest BCUT2D eigenvalue weighted by Crippen LogP contribution is -2.22. The standard InChI is InChI=1S/C12H19NO/c1-11(13)10-14-9-5-8-12-6-3-2-4-7-12/h2-4,6-7,11H,5,8-10,13H2,1H3. The second-order valence-corrected chi connectivity index (χ2v) is 3.64. The van der Waals surface area contributed by atoms with Crippen LogP contribution in [0.1, 0.15) is 18.9 Å². The Hall–Kier alpha value is -0.860. The molecule has 0 aliphatic heterocycles. The first-order chi connectivity index (χ1) is 6.79. The van der Waals surface area contributed by atoms with Crippen LogP contribution >= 0.6 is 0 Å². The van der Waals surface area contributed by atoms with Gasteiger partial charge in [0.05, 0.1) is 6.61 Å². The third kappa shape index (κ3) is 5.00. The Morgan fingerprint density at radius 1 is 1.29 bits per heavy atom. The molecule has 0 aromatic heterocycles. The van der Waals surface area contributed by atoms with Crippen LogP contribution in [0.4, 0.5) is 0 Å². The normalized spacial score (nSPS) is 12.7. The van der Waals surface area contributed by atoms with E-state index in [4.69, 9.17) is 10.5 Å². The van der Waals surface area contributed by atoms with E-state index >= 15 is 0 Å². The lowest BCUT2D eigenvalue weighted by atomic mass is 10.1. The zero-order valence-corrected chi connectivity index (χ0v) is 8.78. The Morgan fingerprint density at radius 2 is 2.00 bits per heavy atom. The van der Waals surface area contributed by atoms with E-state index in [1.54, 1.807) is 0 Å². The van der Waals surface area contributed by atoms with Crippen LogP contribution in [-0.2, 0) is 11.2 Å². The molecular formula is C12H19NO. The Morgan fingerprint density at radius 3 is 2.64 bits per heavy atom. The Bertz CT molecular complexity index is 233. The van der Waals surface area contributed by atoms with E-state index < -0.39 is 0 Å². The van der Waals surface area contributed by atoms with Crippen LogP contribution in [0.15, 0.2) is 30.3 Å². The third-order valence-corrected chi connectivity index (χ3v) is 1.98. The van der Waals surface area contributed by atoms with Crippen LogP contribution in [0.2, 0.25) is 0 Å². The Kier molecular flexibility index (Phi) is 5.27. The first-order valence-corrected chi connectivity index (χ1v) is 5.16. The van der Waals surface area contributed by atoms with Crippen molar-refractivity contribution in [2.45, 2.75) is 25.8 Å². The molecule has 0 saturated carbocycles. The van der Waals surface area contributed by atoms with Crippen molar-refractivity contribution in [3.05, 3.63) is 35.9 Å². The predicted molar refractivity (Wildman–Crippen MR) is 59.2 cm³/mol. The predicted octanol–water partition coefficient (Wildman–Crippen LogP) is 1.98. The van der Waals surface area contributed by atoms with E-state index in [2.05, 4.69) is 24.3 Å². The van der Waals surface area contributed by atoms with Gasteiger partial charge in [-0.15, -0.1) is 0 Å². The minimum Gasteiger partial charge on any atom is -0.380 e. The number of rotatable bonds is 6. The Labute approximate surface area is 86.1 Å². The molecule has 0 amide bonds. The smallest absolute Gasteiger partial charge is 0.0614 e. The van der Waals surface area contributed by atoms with Crippen molar-refractivity contribution < 1.29 is 4.74 Å². The van der Waals surface area contributed by atoms with Crippen molar-refractivity contribution in [1.82, 2.24) is 0 Å². The zero-order chi connectivity index (χ0) is 10.2. The average molecular weight is 193 g/mol. The molecule has 0 radical (unpaired) electrons. The third-order valence-electron chi connectivity index (χ3n) is 1.98. The molecule has 14 heavy (non-hydrogen) atoms. The highest BCUT2D eigenvalue weighted by Crippen LogP contribution is 2.02. The summed E-state index contributed by atoms with van der Waals surface area (Å²) in [5.74, 6) is 0. The highest BCUT2D eigenvalue weighted by molar-refractivity contribution is 5.14. The SMILES string of the molecule is CC(N)COCCCc1ccccc1. The van der Waals surface area contributed by atoms with E-state index in [9.17, 15) is 0 Å². The molecule has 1 aromatic carbocycles. The summed E-state index contributed by atoms with van der Waals surface area (Å²) in [5.41, 5.74) is 6.93. The lowest BCUT2D eigenvalue weighted by molar-refractivity contribution is 0.122. The van der Waals surface area contributed by atoms with Crippen molar-refractivity contribution in [2.24, 2.45) is 5.73 Å². The summed E-state index contributed by atoms with van der Waals surface area (Å²) < 4.78 is 5.39. The molecule has 1 rings (SSSR count). The van der Waals surface area contributed by atoms with Gasteiger partial charge in [-0.1, -0.05) is 30.3 Å². The van der Waals surface area contributed by atoms with Gasteiger partial charge in [-0.25, -0.2) is 0 Å². The average Bonchev–Trinajstić information content (AvgIpc) is 2.18. The van der Waals surface area contributed by atoms with Gasteiger partial charge in [0.25, 0.3) is 0 Å². The summed E-state index contributed by atoms with van der Waals surface area (Å²) in [6.07, 6.45) is 2.15. The van der Waals surface area contributed by atoms with Crippen LogP contribution in [0.3, 0.4) is 0 Å². The van der Waals surface area contributed by atoms with Crippen molar-refractivity contribution in [3.8, 4) is 0 Å². The lowest BCUT2D eigenvalue weighted by Gasteiger charge is -2.06. The van der Waals surface area contributed by atoms with E-state index in [0.29, 0.717) is 6.61 Å². The van der Waals surface area contributed by atoms with E-state index in [0.717, 1.165) is 19.4 Å². The van der Waals surface area contributed by atoms with Crippen molar-refractivity contribution in [3.63, 3.8) is 0 Å². The zero-order valence-electron chi connectivity index (χ0n) is 8.78. The number of ether oxygens (including phenoxy) is 1. The number of nitrogens with two attached hydrogens (primary N) is 1. The Balaban J connectivity index is 2.05. The highest BCUT2D eigenvalue weighted by Gasteiger charge is 1.94. The maximum absolute atomic E-state index is 5.56. The fourth-order valence-corrected chi connectivity index (χ4v) is 1.29. The first kappa shape index (κ1) is 11.2. The molecule has 0 saturated heterocycles. The molecule has 78 valence electrons. The quantitative estimate of drug-likeness (QED) is 0.701. The monoisotopic (exact) mass is 193 g/mol. The van der Waals surface area contributed by atoms with Crippen LogP contribution < -0.4 is 5.73 Å². The summed E-state index contributed by atoms with van der Waals surface area (Å²) >= 11 is 0. The molecule has 2 nitrogen and oxygen atoms in total. The second-order valence-electron chi connectivity index (χ2n) is 3.64.